The highest BCUT2D eigenvalue weighted by Crippen LogP contribution is 2.40. The number of hydrogen-bond acceptors (Lipinski definition) is 5. The van der Waals surface area contributed by atoms with Crippen molar-refractivity contribution in [3.05, 3.63) is 52.6 Å². The van der Waals surface area contributed by atoms with E-state index in [9.17, 15) is 14.9 Å². The fourth-order valence-corrected chi connectivity index (χ4v) is 3.40. The molecule has 8 heteroatoms. The van der Waals surface area contributed by atoms with Crippen LogP contribution in [0.5, 0.6) is 0 Å². The molecule has 0 saturated carbocycles. The number of nitro groups is 1. The SMILES string of the molecule is CCNC(=O)Nc1nc2ccc([N+](=O)[O-])c(-c3ccccc3)c2s1. The molecular formula is C16H14N4O3S. The number of nitrogens with zero attached hydrogens (tertiary/aromatic N) is 2. The van der Waals surface area contributed by atoms with Gasteiger partial charge in [-0.05, 0) is 18.6 Å². The molecule has 0 unspecified atom stereocenters. The van der Waals surface area contributed by atoms with Gasteiger partial charge in [-0.2, -0.15) is 0 Å². The molecule has 3 aromatic rings. The standard InChI is InChI=1S/C16H14N4O3S/c1-2-17-15(21)19-16-18-11-8-9-12(20(22)23)13(14(11)24-16)10-6-4-3-5-7-10/h3-9H,2H2,1H3,(H2,17,18,19,21). The highest BCUT2D eigenvalue weighted by Gasteiger charge is 2.21. The van der Waals surface area contributed by atoms with Crippen LogP contribution >= 0.6 is 11.3 Å². The fourth-order valence-electron chi connectivity index (χ4n) is 2.37. The molecule has 0 fully saturated rings. The van der Waals surface area contributed by atoms with Gasteiger partial charge < -0.3 is 5.32 Å². The molecule has 1 aromatic heterocycles. The van der Waals surface area contributed by atoms with E-state index in [2.05, 4.69) is 15.6 Å². The maximum atomic E-state index is 11.7. The Labute approximate surface area is 141 Å². The van der Waals surface area contributed by atoms with Gasteiger partial charge >= 0.3 is 6.03 Å². The molecule has 122 valence electrons. The Kier molecular flexibility index (Phi) is 4.39. The van der Waals surface area contributed by atoms with Gasteiger partial charge in [-0.25, -0.2) is 9.78 Å². The molecule has 2 aromatic carbocycles. The number of aromatic nitrogens is 1. The van der Waals surface area contributed by atoms with Crippen molar-refractivity contribution in [2.75, 3.05) is 11.9 Å². The number of rotatable bonds is 4. The summed E-state index contributed by atoms with van der Waals surface area (Å²) in [7, 11) is 0. The number of amides is 2. The van der Waals surface area contributed by atoms with Gasteiger partial charge in [0, 0.05) is 12.6 Å². The van der Waals surface area contributed by atoms with Crippen molar-refractivity contribution in [2.24, 2.45) is 0 Å². The van der Waals surface area contributed by atoms with Crippen molar-refractivity contribution in [1.29, 1.82) is 0 Å². The highest BCUT2D eigenvalue weighted by molar-refractivity contribution is 7.23. The van der Waals surface area contributed by atoms with Gasteiger partial charge in [0.25, 0.3) is 5.69 Å². The molecule has 0 spiro atoms. The van der Waals surface area contributed by atoms with Crippen molar-refractivity contribution in [3.8, 4) is 11.1 Å². The molecule has 0 aliphatic rings. The summed E-state index contributed by atoms with van der Waals surface area (Å²) in [4.78, 5) is 27.0. The first-order valence-electron chi connectivity index (χ1n) is 7.28. The molecule has 2 amide bonds. The summed E-state index contributed by atoms with van der Waals surface area (Å²) < 4.78 is 0.669. The van der Waals surface area contributed by atoms with Gasteiger partial charge in [-0.15, -0.1) is 0 Å². The number of urea groups is 1. The van der Waals surface area contributed by atoms with Crippen molar-refractivity contribution in [1.82, 2.24) is 10.3 Å². The van der Waals surface area contributed by atoms with E-state index in [4.69, 9.17) is 0 Å². The third kappa shape index (κ3) is 3.04. The van der Waals surface area contributed by atoms with E-state index in [1.165, 1.54) is 17.4 Å². The van der Waals surface area contributed by atoms with Crippen molar-refractivity contribution in [2.45, 2.75) is 6.92 Å². The smallest absolute Gasteiger partial charge is 0.321 e. The lowest BCUT2D eigenvalue weighted by atomic mass is 10.0. The monoisotopic (exact) mass is 342 g/mol. The van der Waals surface area contributed by atoms with E-state index in [0.29, 0.717) is 27.5 Å². The zero-order chi connectivity index (χ0) is 17.1. The first-order valence-corrected chi connectivity index (χ1v) is 8.10. The lowest BCUT2D eigenvalue weighted by Gasteiger charge is -2.04. The second kappa shape index (κ2) is 6.63. The molecule has 0 saturated heterocycles. The van der Waals surface area contributed by atoms with E-state index in [1.54, 1.807) is 6.07 Å². The van der Waals surface area contributed by atoms with Gasteiger partial charge in [0.1, 0.15) is 0 Å². The molecule has 0 aliphatic heterocycles. The van der Waals surface area contributed by atoms with Crippen molar-refractivity contribution < 1.29 is 9.72 Å². The Morgan fingerprint density at radius 2 is 2.00 bits per heavy atom. The van der Waals surface area contributed by atoms with Gasteiger partial charge in [0.2, 0.25) is 0 Å². The highest BCUT2D eigenvalue weighted by atomic mass is 32.1. The second-order valence-electron chi connectivity index (χ2n) is 4.93. The van der Waals surface area contributed by atoms with Crippen LogP contribution < -0.4 is 10.6 Å². The normalized spacial score (nSPS) is 10.5. The van der Waals surface area contributed by atoms with Crippen LogP contribution in [0.25, 0.3) is 21.3 Å². The number of nitro benzene ring substituents is 1. The summed E-state index contributed by atoms with van der Waals surface area (Å²) in [6, 6.07) is 11.8. The molecule has 0 atom stereocenters. The molecule has 1 heterocycles. The number of carbonyl (C=O) groups is 1. The van der Waals surface area contributed by atoms with Gasteiger partial charge in [-0.3, -0.25) is 15.4 Å². The molecule has 2 N–H and O–H groups in total. The minimum absolute atomic E-state index is 0.0157. The Bertz CT molecular complexity index is 908. The largest absolute Gasteiger partial charge is 0.338 e. The molecule has 24 heavy (non-hydrogen) atoms. The van der Waals surface area contributed by atoms with Crippen LogP contribution in [0.2, 0.25) is 0 Å². The first-order chi connectivity index (χ1) is 11.6. The quantitative estimate of drug-likeness (QED) is 0.553. The summed E-state index contributed by atoms with van der Waals surface area (Å²) in [5, 5.41) is 17.1. The summed E-state index contributed by atoms with van der Waals surface area (Å²) in [6.07, 6.45) is 0. The number of benzene rings is 2. The topological polar surface area (TPSA) is 97.2 Å². The minimum atomic E-state index is -0.404. The van der Waals surface area contributed by atoms with Gasteiger partial charge in [0.15, 0.2) is 5.13 Å². The Hall–Kier alpha value is -3.00. The number of hydrogen-bond donors (Lipinski definition) is 2. The fraction of sp³-hybridized carbons (Fsp3) is 0.125. The molecule has 7 nitrogen and oxygen atoms in total. The lowest BCUT2D eigenvalue weighted by molar-refractivity contribution is -0.384. The Morgan fingerprint density at radius 1 is 1.25 bits per heavy atom. The predicted molar refractivity (Wildman–Crippen MR) is 94.4 cm³/mol. The van der Waals surface area contributed by atoms with E-state index in [1.807, 2.05) is 37.3 Å². The minimum Gasteiger partial charge on any atom is -0.338 e. The zero-order valence-corrected chi connectivity index (χ0v) is 13.6. The van der Waals surface area contributed by atoms with Crippen LogP contribution in [0.3, 0.4) is 0 Å². The maximum Gasteiger partial charge on any atom is 0.321 e. The summed E-state index contributed by atoms with van der Waals surface area (Å²) in [5.41, 5.74) is 1.88. The zero-order valence-electron chi connectivity index (χ0n) is 12.8. The molecule has 3 rings (SSSR count). The maximum absolute atomic E-state index is 11.7. The van der Waals surface area contributed by atoms with E-state index in [0.717, 1.165) is 5.56 Å². The number of thiazole rings is 1. The lowest BCUT2D eigenvalue weighted by Crippen LogP contribution is -2.28. The Morgan fingerprint density at radius 3 is 2.67 bits per heavy atom. The average Bonchev–Trinajstić information content (AvgIpc) is 2.96. The van der Waals surface area contributed by atoms with Gasteiger partial charge in [0.05, 0.1) is 20.7 Å². The average molecular weight is 342 g/mol. The van der Waals surface area contributed by atoms with Gasteiger partial charge in [-0.1, -0.05) is 41.7 Å². The van der Waals surface area contributed by atoms with Crippen LogP contribution in [-0.4, -0.2) is 22.5 Å². The van der Waals surface area contributed by atoms with Crippen molar-refractivity contribution >= 4 is 38.4 Å². The summed E-state index contributed by atoms with van der Waals surface area (Å²) in [5.74, 6) is 0. The van der Waals surface area contributed by atoms with Crippen LogP contribution in [0.1, 0.15) is 6.92 Å². The Balaban J connectivity index is 2.15. The number of fused-ring (bicyclic) bond motifs is 1. The molecule has 0 radical (unpaired) electrons. The molecular weight excluding hydrogens is 328 g/mol. The number of nitrogens with one attached hydrogen (secondary N) is 2. The number of carbonyl (C=O) groups excluding carboxylic acids is 1. The van der Waals surface area contributed by atoms with E-state index < -0.39 is 4.92 Å². The predicted octanol–water partition coefficient (Wildman–Crippen LogP) is 4.01. The molecule has 0 bridgehead atoms. The van der Waals surface area contributed by atoms with Crippen LogP contribution in [0.4, 0.5) is 15.6 Å². The summed E-state index contributed by atoms with van der Waals surface area (Å²) in [6.45, 7) is 2.31. The van der Waals surface area contributed by atoms with Crippen LogP contribution in [0.15, 0.2) is 42.5 Å². The third-order valence-electron chi connectivity index (χ3n) is 3.35. The second-order valence-corrected chi connectivity index (χ2v) is 5.93. The summed E-state index contributed by atoms with van der Waals surface area (Å²) >= 11 is 1.22. The van der Waals surface area contributed by atoms with Crippen LogP contribution in [0, 0.1) is 10.1 Å². The van der Waals surface area contributed by atoms with Crippen molar-refractivity contribution in [3.63, 3.8) is 0 Å². The third-order valence-corrected chi connectivity index (χ3v) is 4.36. The molecule has 0 aliphatic carbocycles. The first kappa shape index (κ1) is 15.9. The van der Waals surface area contributed by atoms with E-state index in [-0.39, 0.29) is 11.7 Å². The van der Waals surface area contributed by atoms with E-state index >= 15 is 0 Å². The number of anilines is 1. The van der Waals surface area contributed by atoms with Crippen LogP contribution in [-0.2, 0) is 0 Å².